The van der Waals surface area contributed by atoms with E-state index in [2.05, 4.69) is 21.9 Å². The van der Waals surface area contributed by atoms with Crippen LogP contribution in [0.2, 0.25) is 5.02 Å². The van der Waals surface area contributed by atoms with Crippen LogP contribution in [0.1, 0.15) is 31.2 Å². The number of halogens is 1. The SMILES string of the molecule is Clc1ccc(CN2CC3C(COCCCN4CCCCC4)C3C2)cc1. The molecule has 0 N–H and O–H groups in total. The van der Waals surface area contributed by atoms with E-state index in [1.807, 2.05) is 12.1 Å². The van der Waals surface area contributed by atoms with E-state index >= 15 is 0 Å². The van der Waals surface area contributed by atoms with Crippen LogP contribution in [0.3, 0.4) is 0 Å². The molecule has 25 heavy (non-hydrogen) atoms. The lowest BCUT2D eigenvalue weighted by atomic mass is 10.1. The molecular formula is C21H31ClN2O. The summed E-state index contributed by atoms with van der Waals surface area (Å²) in [5, 5.41) is 0.825. The number of likely N-dealkylation sites (tertiary alicyclic amines) is 2. The predicted octanol–water partition coefficient (Wildman–Crippen LogP) is 3.91. The number of nitrogens with zero attached hydrogens (tertiary/aromatic N) is 2. The standard InChI is InChI=1S/C21H31ClN2O/c22-18-7-5-17(6-8-18)13-24-14-19-20(15-24)21(19)16-25-12-4-11-23-9-2-1-3-10-23/h5-8,19-21H,1-4,9-16H2. The first-order chi connectivity index (χ1) is 12.3. The monoisotopic (exact) mass is 362 g/mol. The molecule has 0 spiro atoms. The zero-order chi connectivity index (χ0) is 17.1. The number of benzene rings is 1. The molecule has 4 heteroatoms. The molecule has 3 aliphatic rings. The Kier molecular flexibility index (Phi) is 5.97. The van der Waals surface area contributed by atoms with E-state index in [4.69, 9.17) is 16.3 Å². The Bertz CT molecular complexity index is 531. The van der Waals surface area contributed by atoms with E-state index in [0.29, 0.717) is 0 Å². The minimum absolute atomic E-state index is 0.825. The van der Waals surface area contributed by atoms with Crippen LogP contribution in [0.4, 0.5) is 0 Å². The fraction of sp³-hybridized carbons (Fsp3) is 0.714. The summed E-state index contributed by atoms with van der Waals surface area (Å²) in [5.41, 5.74) is 1.37. The van der Waals surface area contributed by atoms with Crippen molar-refractivity contribution in [3.8, 4) is 0 Å². The van der Waals surface area contributed by atoms with Gasteiger partial charge < -0.3 is 9.64 Å². The van der Waals surface area contributed by atoms with Crippen LogP contribution in [0.5, 0.6) is 0 Å². The smallest absolute Gasteiger partial charge is 0.0500 e. The third-order valence-corrected chi connectivity index (χ3v) is 6.54. The summed E-state index contributed by atoms with van der Waals surface area (Å²) >= 11 is 5.96. The highest BCUT2D eigenvalue weighted by atomic mass is 35.5. The highest BCUT2D eigenvalue weighted by Gasteiger charge is 2.55. The quantitative estimate of drug-likeness (QED) is 0.652. The minimum Gasteiger partial charge on any atom is -0.381 e. The van der Waals surface area contributed by atoms with Crippen LogP contribution in [-0.4, -0.2) is 55.7 Å². The third kappa shape index (κ3) is 4.77. The van der Waals surface area contributed by atoms with Crippen molar-refractivity contribution in [2.75, 3.05) is 45.9 Å². The van der Waals surface area contributed by atoms with Gasteiger partial charge in [-0.25, -0.2) is 0 Å². The summed E-state index contributed by atoms with van der Waals surface area (Å²) in [6.07, 6.45) is 5.40. The topological polar surface area (TPSA) is 15.7 Å². The van der Waals surface area contributed by atoms with Crippen LogP contribution in [0.25, 0.3) is 0 Å². The van der Waals surface area contributed by atoms with Gasteiger partial charge in [-0.2, -0.15) is 0 Å². The lowest BCUT2D eigenvalue weighted by Crippen LogP contribution is -2.31. The summed E-state index contributed by atoms with van der Waals surface area (Å²) < 4.78 is 5.99. The zero-order valence-electron chi connectivity index (χ0n) is 15.2. The van der Waals surface area contributed by atoms with Gasteiger partial charge in [-0.3, -0.25) is 4.90 Å². The van der Waals surface area contributed by atoms with Crippen molar-refractivity contribution in [1.29, 1.82) is 0 Å². The van der Waals surface area contributed by atoms with Crippen molar-refractivity contribution in [3.63, 3.8) is 0 Å². The predicted molar refractivity (Wildman–Crippen MR) is 103 cm³/mol. The van der Waals surface area contributed by atoms with E-state index in [1.165, 1.54) is 64.0 Å². The molecule has 3 fully saturated rings. The van der Waals surface area contributed by atoms with Gasteiger partial charge in [0.05, 0.1) is 6.61 Å². The van der Waals surface area contributed by atoms with Crippen molar-refractivity contribution in [2.24, 2.45) is 17.8 Å². The van der Waals surface area contributed by atoms with Crippen molar-refractivity contribution in [1.82, 2.24) is 9.80 Å². The molecule has 0 amide bonds. The second-order valence-electron chi connectivity index (χ2n) is 8.14. The van der Waals surface area contributed by atoms with E-state index < -0.39 is 0 Å². The molecule has 2 aliphatic heterocycles. The maximum Gasteiger partial charge on any atom is 0.0500 e. The highest BCUT2D eigenvalue weighted by Crippen LogP contribution is 2.52. The fourth-order valence-electron chi connectivity index (χ4n) is 4.75. The molecule has 138 valence electrons. The van der Waals surface area contributed by atoms with Crippen molar-refractivity contribution < 1.29 is 4.74 Å². The Balaban J connectivity index is 1.07. The molecule has 2 atom stereocenters. The first kappa shape index (κ1) is 17.8. The summed E-state index contributed by atoms with van der Waals surface area (Å²) in [4.78, 5) is 5.19. The first-order valence-corrected chi connectivity index (χ1v) is 10.4. The molecule has 2 saturated heterocycles. The van der Waals surface area contributed by atoms with E-state index in [0.717, 1.165) is 42.5 Å². The average molecular weight is 363 g/mol. The van der Waals surface area contributed by atoms with Crippen LogP contribution in [0.15, 0.2) is 24.3 Å². The zero-order valence-corrected chi connectivity index (χ0v) is 16.0. The molecule has 4 rings (SSSR count). The summed E-state index contributed by atoms with van der Waals surface area (Å²) in [5.74, 6) is 2.60. The fourth-order valence-corrected chi connectivity index (χ4v) is 4.88. The van der Waals surface area contributed by atoms with E-state index in [-0.39, 0.29) is 0 Å². The Labute approximate surface area is 157 Å². The van der Waals surface area contributed by atoms with Gasteiger partial charge in [-0.1, -0.05) is 30.2 Å². The van der Waals surface area contributed by atoms with Crippen molar-refractivity contribution in [2.45, 2.75) is 32.2 Å². The van der Waals surface area contributed by atoms with E-state index in [1.54, 1.807) is 0 Å². The first-order valence-electron chi connectivity index (χ1n) is 10.1. The number of rotatable bonds is 8. The Morgan fingerprint density at radius 2 is 1.68 bits per heavy atom. The molecule has 1 aromatic carbocycles. The maximum absolute atomic E-state index is 5.99. The maximum atomic E-state index is 5.99. The van der Waals surface area contributed by atoms with E-state index in [9.17, 15) is 0 Å². The Hall–Kier alpha value is -0.610. The van der Waals surface area contributed by atoms with Gasteiger partial charge in [0.15, 0.2) is 0 Å². The van der Waals surface area contributed by atoms with Crippen LogP contribution >= 0.6 is 11.6 Å². The van der Waals surface area contributed by atoms with Gasteiger partial charge >= 0.3 is 0 Å². The molecule has 0 aromatic heterocycles. The molecule has 1 aliphatic carbocycles. The number of hydrogen-bond acceptors (Lipinski definition) is 3. The molecule has 0 radical (unpaired) electrons. The molecule has 2 heterocycles. The van der Waals surface area contributed by atoms with Gasteiger partial charge in [0.2, 0.25) is 0 Å². The molecule has 0 bridgehead atoms. The van der Waals surface area contributed by atoms with Gasteiger partial charge in [0, 0.05) is 37.8 Å². The number of hydrogen-bond donors (Lipinski definition) is 0. The highest BCUT2D eigenvalue weighted by molar-refractivity contribution is 6.30. The van der Waals surface area contributed by atoms with Crippen molar-refractivity contribution >= 4 is 11.6 Å². The minimum atomic E-state index is 0.825. The third-order valence-electron chi connectivity index (χ3n) is 6.29. The second-order valence-corrected chi connectivity index (χ2v) is 8.58. The number of piperidine rings is 2. The van der Waals surface area contributed by atoms with Gasteiger partial charge in [-0.05, 0) is 67.8 Å². The van der Waals surface area contributed by atoms with Gasteiger partial charge in [0.25, 0.3) is 0 Å². The van der Waals surface area contributed by atoms with Crippen LogP contribution in [0, 0.1) is 17.8 Å². The second kappa shape index (κ2) is 8.39. The Morgan fingerprint density at radius 3 is 2.40 bits per heavy atom. The molecule has 1 aromatic rings. The summed E-state index contributed by atoms with van der Waals surface area (Å²) in [6, 6.07) is 8.28. The number of ether oxygens (including phenoxy) is 1. The lowest BCUT2D eigenvalue weighted by Gasteiger charge is -2.26. The molecule has 2 unspecified atom stereocenters. The Morgan fingerprint density at radius 1 is 0.960 bits per heavy atom. The van der Waals surface area contributed by atoms with Crippen molar-refractivity contribution in [3.05, 3.63) is 34.9 Å². The van der Waals surface area contributed by atoms with Gasteiger partial charge in [0.1, 0.15) is 0 Å². The van der Waals surface area contributed by atoms with Gasteiger partial charge in [-0.15, -0.1) is 0 Å². The molecule has 1 saturated carbocycles. The van der Waals surface area contributed by atoms with Crippen LogP contribution < -0.4 is 0 Å². The summed E-state index contributed by atoms with van der Waals surface area (Å²) in [7, 11) is 0. The molecular weight excluding hydrogens is 332 g/mol. The summed E-state index contributed by atoms with van der Waals surface area (Å²) in [6.45, 7) is 9.32. The lowest BCUT2D eigenvalue weighted by molar-refractivity contribution is 0.0967. The van der Waals surface area contributed by atoms with Crippen LogP contribution in [-0.2, 0) is 11.3 Å². The largest absolute Gasteiger partial charge is 0.381 e. The average Bonchev–Trinajstić information content (AvgIpc) is 3.09. The normalized spacial score (nSPS) is 29.7. The molecule has 3 nitrogen and oxygen atoms in total. The number of fused-ring (bicyclic) bond motifs is 1.